The molecule has 0 aliphatic rings. The van der Waals surface area contributed by atoms with Crippen LogP contribution in [0.4, 0.5) is 0 Å². The van der Waals surface area contributed by atoms with Crippen molar-refractivity contribution in [1.82, 2.24) is 9.97 Å². The standard InChI is InChI=1S/C15H15N3O/c1-9-4-3-5-11-8-12(19-15(9)11)13(16)14-10(2)17-6-7-18-14/h3-8,13H,16H2,1-2H3. The van der Waals surface area contributed by atoms with Gasteiger partial charge in [-0.15, -0.1) is 0 Å². The number of hydrogen-bond donors (Lipinski definition) is 1. The van der Waals surface area contributed by atoms with Gasteiger partial charge in [0.15, 0.2) is 0 Å². The number of aromatic nitrogens is 2. The summed E-state index contributed by atoms with van der Waals surface area (Å²) >= 11 is 0. The number of fused-ring (bicyclic) bond motifs is 1. The molecule has 0 aliphatic carbocycles. The summed E-state index contributed by atoms with van der Waals surface area (Å²) in [5.74, 6) is 0.716. The number of furan rings is 1. The fraction of sp³-hybridized carbons (Fsp3) is 0.200. The van der Waals surface area contributed by atoms with Gasteiger partial charge in [0.2, 0.25) is 0 Å². The molecule has 2 heterocycles. The largest absolute Gasteiger partial charge is 0.459 e. The Hall–Kier alpha value is -2.20. The van der Waals surface area contributed by atoms with Crippen molar-refractivity contribution in [2.75, 3.05) is 0 Å². The fourth-order valence-electron chi connectivity index (χ4n) is 2.24. The highest BCUT2D eigenvalue weighted by atomic mass is 16.3. The maximum Gasteiger partial charge on any atom is 0.137 e. The number of rotatable bonds is 2. The van der Waals surface area contributed by atoms with Crippen LogP contribution in [0, 0.1) is 13.8 Å². The van der Waals surface area contributed by atoms with E-state index in [1.807, 2.05) is 38.1 Å². The first-order chi connectivity index (χ1) is 9.16. The van der Waals surface area contributed by atoms with Crippen molar-refractivity contribution in [3.8, 4) is 0 Å². The lowest BCUT2D eigenvalue weighted by molar-refractivity contribution is 0.517. The molecule has 4 nitrogen and oxygen atoms in total. The molecule has 4 heteroatoms. The Morgan fingerprint density at radius 2 is 1.95 bits per heavy atom. The molecule has 1 unspecified atom stereocenters. The van der Waals surface area contributed by atoms with E-state index in [0.717, 1.165) is 27.9 Å². The highest BCUT2D eigenvalue weighted by Crippen LogP contribution is 2.28. The second-order valence-electron chi connectivity index (χ2n) is 4.65. The number of nitrogens with two attached hydrogens (primary N) is 1. The molecular formula is C15H15N3O. The van der Waals surface area contributed by atoms with E-state index in [1.54, 1.807) is 12.4 Å². The molecule has 19 heavy (non-hydrogen) atoms. The lowest BCUT2D eigenvalue weighted by Crippen LogP contribution is -2.14. The van der Waals surface area contributed by atoms with Crippen LogP contribution < -0.4 is 5.73 Å². The molecule has 0 aliphatic heterocycles. The molecule has 0 spiro atoms. The maximum absolute atomic E-state index is 6.23. The van der Waals surface area contributed by atoms with E-state index in [1.165, 1.54) is 0 Å². The molecule has 0 bridgehead atoms. The van der Waals surface area contributed by atoms with Gasteiger partial charge >= 0.3 is 0 Å². The number of aryl methyl sites for hydroxylation is 2. The summed E-state index contributed by atoms with van der Waals surface area (Å²) in [6.07, 6.45) is 3.31. The molecule has 3 rings (SSSR count). The second-order valence-corrected chi connectivity index (χ2v) is 4.65. The van der Waals surface area contributed by atoms with Gasteiger partial charge in [-0.1, -0.05) is 18.2 Å². The van der Waals surface area contributed by atoms with Gasteiger partial charge in [-0.25, -0.2) is 0 Å². The van der Waals surface area contributed by atoms with Crippen LogP contribution in [-0.4, -0.2) is 9.97 Å². The van der Waals surface area contributed by atoms with E-state index < -0.39 is 0 Å². The van der Waals surface area contributed by atoms with Gasteiger partial charge < -0.3 is 10.2 Å². The van der Waals surface area contributed by atoms with Gasteiger partial charge in [0.25, 0.3) is 0 Å². The molecule has 0 radical (unpaired) electrons. The topological polar surface area (TPSA) is 64.9 Å². The van der Waals surface area contributed by atoms with Crippen LogP contribution >= 0.6 is 0 Å². The van der Waals surface area contributed by atoms with Crippen LogP contribution in [0.5, 0.6) is 0 Å². The Morgan fingerprint density at radius 1 is 1.16 bits per heavy atom. The summed E-state index contributed by atoms with van der Waals surface area (Å²) in [5, 5.41) is 1.06. The summed E-state index contributed by atoms with van der Waals surface area (Å²) in [6.45, 7) is 3.92. The minimum absolute atomic E-state index is 0.388. The van der Waals surface area contributed by atoms with Crippen molar-refractivity contribution in [2.45, 2.75) is 19.9 Å². The molecule has 0 saturated heterocycles. The predicted molar refractivity (Wildman–Crippen MR) is 73.8 cm³/mol. The lowest BCUT2D eigenvalue weighted by Gasteiger charge is -2.09. The Labute approximate surface area is 111 Å². The van der Waals surface area contributed by atoms with Crippen LogP contribution in [0.25, 0.3) is 11.0 Å². The number of nitrogens with zero attached hydrogens (tertiary/aromatic N) is 2. The van der Waals surface area contributed by atoms with Crippen LogP contribution in [0.1, 0.15) is 28.8 Å². The number of benzene rings is 1. The summed E-state index contributed by atoms with van der Waals surface area (Å²) in [4.78, 5) is 8.51. The summed E-state index contributed by atoms with van der Waals surface area (Å²) in [7, 11) is 0. The maximum atomic E-state index is 6.23. The molecular weight excluding hydrogens is 238 g/mol. The lowest BCUT2D eigenvalue weighted by atomic mass is 10.1. The first kappa shape index (κ1) is 11.9. The van der Waals surface area contributed by atoms with Gasteiger partial charge in [0, 0.05) is 17.8 Å². The van der Waals surface area contributed by atoms with Crippen LogP contribution in [0.3, 0.4) is 0 Å². The van der Waals surface area contributed by atoms with Crippen molar-refractivity contribution in [1.29, 1.82) is 0 Å². The molecule has 2 N–H and O–H groups in total. The first-order valence-electron chi connectivity index (χ1n) is 6.19. The third-order valence-electron chi connectivity index (χ3n) is 3.28. The zero-order chi connectivity index (χ0) is 13.4. The van der Waals surface area contributed by atoms with Crippen molar-refractivity contribution >= 4 is 11.0 Å². The average molecular weight is 253 g/mol. The van der Waals surface area contributed by atoms with Crippen molar-refractivity contribution < 1.29 is 4.42 Å². The number of hydrogen-bond acceptors (Lipinski definition) is 4. The second kappa shape index (κ2) is 4.48. The van der Waals surface area contributed by atoms with Crippen LogP contribution in [0.15, 0.2) is 41.1 Å². The van der Waals surface area contributed by atoms with Crippen molar-refractivity contribution in [3.05, 3.63) is 59.4 Å². The van der Waals surface area contributed by atoms with Gasteiger partial charge in [-0.3, -0.25) is 9.97 Å². The van der Waals surface area contributed by atoms with E-state index in [9.17, 15) is 0 Å². The fourth-order valence-corrected chi connectivity index (χ4v) is 2.24. The Morgan fingerprint density at radius 3 is 2.68 bits per heavy atom. The SMILES string of the molecule is Cc1nccnc1C(N)c1cc2cccc(C)c2o1. The first-order valence-corrected chi connectivity index (χ1v) is 6.19. The Balaban J connectivity index is 2.10. The minimum Gasteiger partial charge on any atom is -0.459 e. The summed E-state index contributed by atoms with van der Waals surface area (Å²) < 4.78 is 5.88. The average Bonchev–Trinajstić information content (AvgIpc) is 2.84. The van der Waals surface area contributed by atoms with E-state index in [4.69, 9.17) is 10.2 Å². The molecule has 0 fully saturated rings. The zero-order valence-corrected chi connectivity index (χ0v) is 10.9. The molecule has 96 valence electrons. The normalized spacial score (nSPS) is 12.8. The molecule has 0 amide bonds. The zero-order valence-electron chi connectivity index (χ0n) is 10.9. The molecule has 2 aromatic heterocycles. The van der Waals surface area contributed by atoms with E-state index in [-0.39, 0.29) is 6.04 Å². The molecule has 1 aromatic carbocycles. The molecule has 0 saturated carbocycles. The van der Waals surface area contributed by atoms with E-state index >= 15 is 0 Å². The third kappa shape index (κ3) is 2.00. The van der Waals surface area contributed by atoms with Crippen LogP contribution in [0.2, 0.25) is 0 Å². The van der Waals surface area contributed by atoms with E-state index in [2.05, 4.69) is 9.97 Å². The van der Waals surface area contributed by atoms with Crippen LogP contribution in [-0.2, 0) is 0 Å². The van der Waals surface area contributed by atoms with Gasteiger partial charge in [0.05, 0.1) is 11.4 Å². The van der Waals surface area contributed by atoms with E-state index in [0.29, 0.717) is 5.76 Å². The van der Waals surface area contributed by atoms with Gasteiger partial charge in [-0.05, 0) is 25.5 Å². The van der Waals surface area contributed by atoms with Crippen molar-refractivity contribution in [2.24, 2.45) is 5.73 Å². The summed E-state index contributed by atoms with van der Waals surface area (Å²) in [6, 6.07) is 7.64. The minimum atomic E-state index is -0.388. The number of para-hydroxylation sites is 1. The monoisotopic (exact) mass is 253 g/mol. The predicted octanol–water partition coefficient (Wildman–Crippen LogP) is 2.89. The highest BCUT2D eigenvalue weighted by molar-refractivity contribution is 5.81. The third-order valence-corrected chi connectivity index (χ3v) is 3.28. The van der Waals surface area contributed by atoms with Gasteiger partial charge in [0.1, 0.15) is 17.4 Å². The molecule has 3 aromatic rings. The summed E-state index contributed by atoms with van der Waals surface area (Å²) in [5.41, 5.74) is 9.80. The van der Waals surface area contributed by atoms with Crippen molar-refractivity contribution in [3.63, 3.8) is 0 Å². The highest BCUT2D eigenvalue weighted by Gasteiger charge is 2.18. The Kier molecular flexibility index (Phi) is 2.80. The quantitative estimate of drug-likeness (QED) is 0.762. The smallest absolute Gasteiger partial charge is 0.137 e. The molecule has 1 atom stereocenters. The Bertz CT molecular complexity index is 733. The van der Waals surface area contributed by atoms with Gasteiger partial charge in [-0.2, -0.15) is 0 Å².